The monoisotopic (exact) mass is 315 g/mol. The van der Waals surface area contributed by atoms with Crippen molar-refractivity contribution >= 4 is 0 Å². The summed E-state index contributed by atoms with van der Waals surface area (Å²) in [4.78, 5) is 4.09. The quantitative estimate of drug-likeness (QED) is 0.581. The fraction of sp³-hybridized carbons (Fsp3) is 0. The molecule has 0 saturated carbocycles. The van der Waals surface area contributed by atoms with Crippen molar-refractivity contribution in [3.63, 3.8) is 0 Å². The van der Waals surface area contributed by atoms with E-state index < -0.39 is 0 Å². The molecule has 2 aromatic carbocycles. The normalized spacial score (nSPS) is 10.7. The van der Waals surface area contributed by atoms with Gasteiger partial charge in [-0.3, -0.25) is 10.1 Å². The molecule has 0 unspecified atom stereocenters. The van der Waals surface area contributed by atoms with Crippen LogP contribution in [0.5, 0.6) is 0 Å². The fourth-order valence-electron chi connectivity index (χ4n) is 2.77. The van der Waals surface area contributed by atoms with E-state index in [-0.39, 0.29) is 5.82 Å². The molecule has 2 aromatic heterocycles. The Balaban J connectivity index is 1.95. The standard InChI is InChI=1S/C20H14FN3/c21-17-8-6-16(7-9-17)20-18(14-10-12-22-13-11-14)19(23-24-20)15-4-2-1-3-5-15/h1-13H,(H,23,24). The van der Waals surface area contributed by atoms with E-state index >= 15 is 0 Å². The van der Waals surface area contributed by atoms with Crippen LogP contribution >= 0.6 is 0 Å². The van der Waals surface area contributed by atoms with Crippen LogP contribution in [0.15, 0.2) is 79.1 Å². The molecule has 4 heteroatoms. The van der Waals surface area contributed by atoms with Crippen molar-refractivity contribution in [3.8, 4) is 33.6 Å². The number of aromatic amines is 1. The van der Waals surface area contributed by atoms with E-state index in [0.29, 0.717) is 0 Å². The van der Waals surface area contributed by atoms with Gasteiger partial charge in [0.15, 0.2) is 0 Å². The number of aromatic nitrogens is 3. The summed E-state index contributed by atoms with van der Waals surface area (Å²) in [6, 6.07) is 20.3. The Labute approximate surface area is 138 Å². The van der Waals surface area contributed by atoms with Crippen molar-refractivity contribution in [1.82, 2.24) is 15.2 Å². The van der Waals surface area contributed by atoms with Crippen LogP contribution < -0.4 is 0 Å². The molecule has 0 aliphatic heterocycles. The van der Waals surface area contributed by atoms with Gasteiger partial charge in [0.25, 0.3) is 0 Å². The summed E-state index contributed by atoms with van der Waals surface area (Å²) < 4.78 is 13.3. The van der Waals surface area contributed by atoms with Crippen molar-refractivity contribution in [2.45, 2.75) is 0 Å². The van der Waals surface area contributed by atoms with E-state index in [1.807, 2.05) is 42.5 Å². The first-order valence-electron chi connectivity index (χ1n) is 7.63. The highest BCUT2D eigenvalue weighted by Gasteiger charge is 2.17. The van der Waals surface area contributed by atoms with Gasteiger partial charge in [-0.2, -0.15) is 5.10 Å². The smallest absolute Gasteiger partial charge is 0.123 e. The lowest BCUT2D eigenvalue weighted by Gasteiger charge is -2.07. The number of pyridine rings is 1. The third-order valence-electron chi connectivity index (χ3n) is 3.92. The summed E-state index contributed by atoms with van der Waals surface area (Å²) in [7, 11) is 0. The van der Waals surface area contributed by atoms with Gasteiger partial charge in [-0.25, -0.2) is 4.39 Å². The van der Waals surface area contributed by atoms with Gasteiger partial charge < -0.3 is 0 Å². The lowest BCUT2D eigenvalue weighted by atomic mass is 9.97. The number of rotatable bonds is 3. The van der Waals surface area contributed by atoms with Crippen molar-refractivity contribution in [2.75, 3.05) is 0 Å². The molecular weight excluding hydrogens is 301 g/mol. The molecule has 2 heterocycles. The van der Waals surface area contributed by atoms with E-state index in [4.69, 9.17) is 0 Å². The summed E-state index contributed by atoms with van der Waals surface area (Å²) in [5.74, 6) is -0.257. The van der Waals surface area contributed by atoms with Crippen LogP contribution in [0.2, 0.25) is 0 Å². The number of hydrogen-bond acceptors (Lipinski definition) is 2. The molecule has 4 rings (SSSR count). The minimum absolute atomic E-state index is 0.257. The third kappa shape index (κ3) is 2.58. The lowest BCUT2D eigenvalue weighted by Crippen LogP contribution is -1.86. The van der Waals surface area contributed by atoms with Gasteiger partial charge in [-0.1, -0.05) is 30.3 Å². The second-order valence-corrected chi connectivity index (χ2v) is 5.43. The van der Waals surface area contributed by atoms with E-state index in [9.17, 15) is 4.39 Å². The minimum Gasteiger partial charge on any atom is -0.277 e. The molecule has 0 bridgehead atoms. The predicted octanol–water partition coefficient (Wildman–Crippen LogP) is 4.94. The molecule has 4 aromatic rings. The Kier molecular flexibility index (Phi) is 3.63. The zero-order valence-corrected chi connectivity index (χ0v) is 12.8. The maximum Gasteiger partial charge on any atom is 0.123 e. The van der Waals surface area contributed by atoms with Crippen LogP contribution in [-0.2, 0) is 0 Å². The largest absolute Gasteiger partial charge is 0.277 e. The summed E-state index contributed by atoms with van der Waals surface area (Å²) in [5, 5.41) is 7.64. The summed E-state index contributed by atoms with van der Waals surface area (Å²) in [6.45, 7) is 0. The third-order valence-corrected chi connectivity index (χ3v) is 3.92. The number of hydrogen-bond donors (Lipinski definition) is 1. The van der Waals surface area contributed by atoms with Gasteiger partial charge in [0.2, 0.25) is 0 Å². The van der Waals surface area contributed by atoms with E-state index in [2.05, 4.69) is 15.2 Å². The molecule has 116 valence electrons. The Hall–Kier alpha value is -3.27. The molecule has 24 heavy (non-hydrogen) atoms. The molecule has 0 spiro atoms. The minimum atomic E-state index is -0.257. The molecule has 0 saturated heterocycles. The molecule has 0 amide bonds. The van der Waals surface area contributed by atoms with Crippen molar-refractivity contribution < 1.29 is 4.39 Å². The molecule has 0 aliphatic rings. The van der Waals surface area contributed by atoms with Gasteiger partial charge >= 0.3 is 0 Å². The molecule has 3 nitrogen and oxygen atoms in total. The number of H-pyrrole nitrogens is 1. The topological polar surface area (TPSA) is 41.6 Å². The first kappa shape index (κ1) is 14.3. The number of nitrogens with zero attached hydrogens (tertiary/aromatic N) is 2. The molecule has 0 radical (unpaired) electrons. The highest BCUT2D eigenvalue weighted by atomic mass is 19.1. The maximum atomic E-state index is 13.3. The number of nitrogens with one attached hydrogen (secondary N) is 1. The summed E-state index contributed by atoms with van der Waals surface area (Å²) in [5.41, 5.74) is 5.63. The molecular formula is C20H14FN3. The van der Waals surface area contributed by atoms with Gasteiger partial charge in [0.1, 0.15) is 11.5 Å². The molecule has 0 atom stereocenters. The number of benzene rings is 2. The van der Waals surface area contributed by atoms with Crippen LogP contribution in [0, 0.1) is 5.82 Å². The fourth-order valence-corrected chi connectivity index (χ4v) is 2.77. The van der Waals surface area contributed by atoms with Crippen molar-refractivity contribution in [1.29, 1.82) is 0 Å². The van der Waals surface area contributed by atoms with Crippen LogP contribution in [0.4, 0.5) is 4.39 Å². The van der Waals surface area contributed by atoms with Crippen LogP contribution in [0.3, 0.4) is 0 Å². The maximum absolute atomic E-state index is 13.3. The second-order valence-electron chi connectivity index (χ2n) is 5.43. The van der Waals surface area contributed by atoms with Crippen LogP contribution in [0.25, 0.3) is 33.6 Å². The Bertz CT molecular complexity index is 945. The highest BCUT2D eigenvalue weighted by molar-refractivity contribution is 5.91. The SMILES string of the molecule is Fc1ccc(-c2[nH]nc(-c3ccccc3)c2-c2ccncc2)cc1. The average Bonchev–Trinajstić information content (AvgIpc) is 3.09. The zero-order valence-electron chi connectivity index (χ0n) is 12.8. The summed E-state index contributed by atoms with van der Waals surface area (Å²) >= 11 is 0. The second kappa shape index (κ2) is 6.08. The van der Waals surface area contributed by atoms with Gasteiger partial charge in [-0.15, -0.1) is 0 Å². The predicted molar refractivity (Wildman–Crippen MR) is 92.6 cm³/mol. The molecule has 0 aliphatic carbocycles. The summed E-state index contributed by atoms with van der Waals surface area (Å²) in [6.07, 6.45) is 3.51. The molecule has 1 N–H and O–H groups in total. The van der Waals surface area contributed by atoms with Crippen molar-refractivity contribution in [2.24, 2.45) is 0 Å². The van der Waals surface area contributed by atoms with Gasteiger partial charge in [-0.05, 0) is 42.0 Å². The average molecular weight is 315 g/mol. The number of halogens is 1. The molecule has 0 fully saturated rings. The first-order valence-corrected chi connectivity index (χ1v) is 7.63. The van der Waals surface area contributed by atoms with Gasteiger partial charge in [0, 0.05) is 29.1 Å². The Morgan fingerprint density at radius 2 is 1.42 bits per heavy atom. The van der Waals surface area contributed by atoms with E-state index in [0.717, 1.165) is 33.6 Å². The Morgan fingerprint density at radius 1 is 0.708 bits per heavy atom. The van der Waals surface area contributed by atoms with Crippen LogP contribution in [-0.4, -0.2) is 15.2 Å². The van der Waals surface area contributed by atoms with Crippen LogP contribution in [0.1, 0.15) is 0 Å². The van der Waals surface area contributed by atoms with E-state index in [1.54, 1.807) is 24.5 Å². The highest BCUT2D eigenvalue weighted by Crippen LogP contribution is 2.37. The lowest BCUT2D eigenvalue weighted by molar-refractivity contribution is 0.628. The first-order chi connectivity index (χ1) is 11.8. The van der Waals surface area contributed by atoms with Crippen molar-refractivity contribution in [3.05, 3.63) is 84.9 Å². The van der Waals surface area contributed by atoms with E-state index in [1.165, 1.54) is 12.1 Å². The van der Waals surface area contributed by atoms with Gasteiger partial charge in [0.05, 0.1) is 5.69 Å². The zero-order chi connectivity index (χ0) is 16.4. The Morgan fingerprint density at radius 3 is 2.12 bits per heavy atom.